The van der Waals surface area contributed by atoms with Crippen molar-refractivity contribution >= 4 is 17.4 Å². The molecule has 2 heterocycles. The number of pyridine rings is 1. The minimum absolute atomic E-state index is 0.203. The first-order valence-corrected chi connectivity index (χ1v) is 15.5. The van der Waals surface area contributed by atoms with Gasteiger partial charge >= 0.3 is 0 Å². The summed E-state index contributed by atoms with van der Waals surface area (Å²) in [6.07, 6.45) is 24.4. The number of aliphatic imine (C=N–C) groups is 1. The van der Waals surface area contributed by atoms with Gasteiger partial charge in [0.05, 0.1) is 6.26 Å². The molecule has 6 heteroatoms. The van der Waals surface area contributed by atoms with Crippen molar-refractivity contribution in [3.63, 3.8) is 0 Å². The van der Waals surface area contributed by atoms with E-state index in [1.165, 1.54) is 41.5 Å². The highest BCUT2D eigenvalue weighted by atomic mass is 16.3. The molecule has 0 bridgehead atoms. The third kappa shape index (κ3) is 10.1. The Kier molecular flexibility index (Phi) is 12.4. The number of carbonyl (C=O) groups excluding carboxylic acids is 2. The summed E-state index contributed by atoms with van der Waals surface area (Å²) < 4.78 is 5.30. The molecule has 2 aromatic rings. The van der Waals surface area contributed by atoms with Crippen molar-refractivity contribution in [2.75, 3.05) is 6.54 Å². The lowest BCUT2D eigenvalue weighted by Crippen LogP contribution is -2.25. The van der Waals surface area contributed by atoms with Crippen LogP contribution in [-0.4, -0.2) is 28.9 Å². The molecule has 0 unspecified atom stereocenters. The van der Waals surface area contributed by atoms with E-state index >= 15 is 0 Å². The van der Waals surface area contributed by atoms with Gasteiger partial charge in [-0.2, -0.15) is 0 Å². The smallest absolute Gasteiger partial charge is 0.291 e. The second kappa shape index (κ2) is 16.7. The Hall–Kier alpha value is -3.54. The molecule has 1 amide bonds. The highest BCUT2D eigenvalue weighted by Gasteiger charge is 2.20. The minimum Gasteiger partial charge on any atom is -0.459 e. The fraction of sp³-hybridized carbons (Fsp3) is 0.486. The quantitative estimate of drug-likeness (QED) is 0.211. The maximum Gasteiger partial charge on any atom is 0.291 e. The molecular formula is C35H45N3O3. The zero-order valence-corrected chi connectivity index (χ0v) is 24.6. The van der Waals surface area contributed by atoms with Gasteiger partial charge in [0.25, 0.3) is 5.91 Å². The number of unbranched alkanes of at least 4 members (excludes halogenated alkanes) is 5. The van der Waals surface area contributed by atoms with Crippen molar-refractivity contribution in [3.05, 3.63) is 88.8 Å². The third-order valence-electron chi connectivity index (χ3n) is 8.08. The number of furan rings is 1. The summed E-state index contributed by atoms with van der Waals surface area (Å²) in [5.41, 5.74) is 6.76. The van der Waals surface area contributed by atoms with E-state index in [4.69, 9.17) is 9.41 Å². The summed E-state index contributed by atoms with van der Waals surface area (Å²) in [7, 11) is 0. The number of hydrogen-bond acceptors (Lipinski definition) is 5. The minimum atomic E-state index is -0.270. The number of rotatable bonds is 16. The summed E-state index contributed by atoms with van der Waals surface area (Å²) in [6.45, 7) is 3.05. The van der Waals surface area contributed by atoms with E-state index in [-0.39, 0.29) is 17.5 Å². The number of Topliss-reactive ketones (excluding diaryl/α,β-unsaturated/α-hetero) is 1. The van der Waals surface area contributed by atoms with Crippen molar-refractivity contribution in [3.8, 4) is 0 Å². The lowest BCUT2D eigenvalue weighted by atomic mass is 9.89. The Bertz CT molecular complexity index is 1250. The van der Waals surface area contributed by atoms with Crippen LogP contribution in [0, 0.1) is 0 Å². The van der Waals surface area contributed by atoms with Crippen LogP contribution in [0.15, 0.2) is 86.9 Å². The molecule has 1 N–H and O–H groups in total. The van der Waals surface area contributed by atoms with Gasteiger partial charge in [-0.25, -0.2) is 0 Å². The monoisotopic (exact) mass is 555 g/mol. The van der Waals surface area contributed by atoms with Gasteiger partial charge in [-0.15, -0.1) is 0 Å². The van der Waals surface area contributed by atoms with Crippen molar-refractivity contribution in [1.82, 2.24) is 10.3 Å². The zero-order chi connectivity index (χ0) is 28.7. The highest BCUT2D eigenvalue weighted by molar-refractivity contribution is 6.00. The van der Waals surface area contributed by atoms with Crippen LogP contribution in [0.4, 0.5) is 0 Å². The molecule has 0 aliphatic heterocycles. The van der Waals surface area contributed by atoms with Crippen molar-refractivity contribution in [2.24, 2.45) is 4.99 Å². The number of amides is 1. The summed E-state index contributed by atoms with van der Waals surface area (Å²) >= 11 is 0. The number of aromatic nitrogens is 1. The maximum absolute atomic E-state index is 13.1. The molecule has 0 radical (unpaired) electrons. The van der Waals surface area contributed by atoms with Crippen LogP contribution in [0.1, 0.15) is 113 Å². The molecule has 0 saturated heterocycles. The normalized spacial score (nSPS) is 16.5. The van der Waals surface area contributed by atoms with Crippen LogP contribution >= 0.6 is 0 Å². The van der Waals surface area contributed by atoms with E-state index in [0.717, 1.165) is 94.9 Å². The molecule has 218 valence electrons. The highest BCUT2D eigenvalue weighted by Crippen LogP contribution is 2.29. The fourth-order valence-electron chi connectivity index (χ4n) is 5.59. The number of ketones is 1. The topological polar surface area (TPSA) is 84.6 Å². The fourth-order valence-corrected chi connectivity index (χ4v) is 5.59. The van der Waals surface area contributed by atoms with Crippen LogP contribution < -0.4 is 5.32 Å². The Morgan fingerprint density at radius 1 is 0.951 bits per heavy atom. The van der Waals surface area contributed by atoms with Gasteiger partial charge in [0, 0.05) is 36.8 Å². The van der Waals surface area contributed by atoms with Crippen LogP contribution in [0.3, 0.4) is 0 Å². The van der Waals surface area contributed by atoms with Crippen LogP contribution in [0.25, 0.3) is 0 Å². The molecule has 2 aliphatic rings. The Balaban J connectivity index is 1.26. The van der Waals surface area contributed by atoms with Crippen molar-refractivity contribution in [2.45, 2.75) is 103 Å². The number of nitrogens with zero attached hydrogens (tertiary/aromatic N) is 2. The molecule has 0 spiro atoms. The molecule has 41 heavy (non-hydrogen) atoms. The number of nitrogens with one attached hydrogen (secondary N) is 1. The first kappa shape index (κ1) is 30.4. The maximum atomic E-state index is 13.1. The summed E-state index contributed by atoms with van der Waals surface area (Å²) in [4.78, 5) is 34.7. The standard InChI is InChI=1S/C35H45N3O3/c1-27-12-8-9-15-31(27)37-22-10-4-6-14-29-18-19-30(26-32(29)38-35(40)34-17-11-25-41-34)33(39)16-7-3-2-5-13-28-20-23-36-24-21-28/h11-12,17,20-21,23-26H,2-10,13-16,18-19,22H2,1H3,(H,38,40). The number of allylic oxidation sites excluding steroid dienone is 5. The number of carbonyl (C=O) groups is 2. The summed E-state index contributed by atoms with van der Waals surface area (Å²) in [6, 6.07) is 7.50. The Morgan fingerprint density at radius 2 is 1.76 bits per heavy atom. The first-order valence-electron chi connectivity index (χ1n) is 15.5. The molecule has 2 aliphatic carbocycles. The van der Waals surface area contributed by atoms with Gasteiger partial charge in [0.2, 0.25) is 0 Å². The molecule has 0 atom stereocenters. The third-order valence-corrected chi connectivity index (χ3v) is 8.08. The van der Waals surface area contributed by atoms with E-state index in [9.17, 15) is 9.59 Å². The van der Waals surface area contributed by atoms with Gasteiger partial charge in [0.15, 0.2) is 11.5 Å². The largest absolute Gasteiger partial charge is 0.459 e. The Labute approximate surface area is 245 Å². The molecular weight excluding hydrogens is 510 g/mol. The molecule has 0 fully saturated rings. The van der Waals surface area contributed by atoms with Crippen molar-refractivity contribution < 1.29 is 14.0 Å². The first-order chi connectivity index (χ1) is 20.1. The van der Waals surface area contributed by atoms with E-state index < -0.39 is 0 Å². The van der Waals surface area contributed by atoms with Crippen LogP contribution in [-0.2, 0) is 11.2 Å². The van der Waals surface area contributed by atoms with Gasteiger partial charge in [-0.3, -0.25) is 19.6 Å². The van der Waals surface area contributed by atoms with Gasteiger partial charge in [-0.1, -0.05) is 25.3 Å². The van der Waals surface area contributed by atoms with E-state index in [1.807, 2.05) is 18.5 Å². The number of hydrogen-bond donors (Lipinski definition) is 1. The predicted octanol–water partition coefficient (Wildman–Crippen LogP) is 8.27. The van der Waals surface area contributed by atoms with Crippen LogP contribution in [0.2, 0.25) is 0 Å². The van der Waals surface area contributed by atoms with E-state index in [1.54, 1.807) is 12.1 Å². The zero-order valence-electron chi connectivity index (χ0n) is 24.6. The SMILES string of the molecule is CC1=CCCCC1=NCCCCCC1=C(NC(=O)c2ccco2)C=C(C(=O)CCCCCCc2ccncc2)CC1. The van der Waals surface area contributed by atoms with Gasteiger partial charge in [-0.05, 0) is 130 Å². The predicted molar refractivity (Wildman–Crippen MR) is 165 cm³/mol. The number of aryl methyl sites for hydroxylation is 1. The lowest BCUT2D eigenvalue weighted by Gasteiger charge is -2.20. The van der Waals surface area contributed by atoms with Crippen LogP contribution in [0.5, 0.6) is 0 Å². The van der Waals surface area contributed by atoms with Crippen molar-refractivity contribution in [1.29, 1.82) is 0 Å². The molecule has 6 nitrogen and oxygen atoms in total. The molecule has 2 aromatic heterocycles. The Morgan fingerprint density at radius 3 is 2.56 bits per heavy atom. The van der Waals surface area contributed by atoms with E-state index in [2.05, 4.69) is 35.4 Å². The summed E-state index contributed by atoms with van der Waals surface area (Å²) in [5, 5.41) is 3.04. The molecule has 4 rings (SSSR count). The molecule has 0 aromatic carbocycles. The van der Waals surface area contributed by atoms with E-state index in [0.29, 0.717) is 6.42 Å². The van der Waals surface area contributed by atoms with Gasteiger partial charge in [0.1, 0.15) is 0 Å². The molecule has 0 saturated carbocycles. The summed E-state index contributed by atoms with van der Waals surface area (Å²) in [5.74, 6) is 0.212. The van der Waals surface area contributed by atoms with Gasteiger partial charge < -0.3 is 9.73 Å². The second-order valence-electron chi connectivity index (χ2n) is 11.2. The average molecular weight is 556 g/mol. The lowest BCUT2D eigenvalue weighted by molar-refractivity contribution is -0.115. The average Bonchev–Trinajstić information content (AvgIpc) is 3.54. The second-order valence-corrected chi connectivity index (χ2v) is 11.2.